The number of carbonyl (C=O) groups is 2. The van der Waals surface area contributed by atoms with Crippen molar-refractivity contribution >= 4 is 22.9 Å². The number of carbonyl (C=O) groups excluding carboxylic acids is 2. The summed E-state index contributed by atoms with van der Waals surface area (Å²) in [4.78, 5) is 36.4. The molecule has 0 amide bonds. The lowest BCUT2D eigenvalue weighted by molar-refractivity contribution is 0.0954. The summed E-state index contributed by atoms with van der Waals surface area (Å²) in [5.74, 6) is 0.280. The maximum Gasteiger partial charge on any atom is 0.191 e. The molecule has 0 N–H and O–H groups in total. The van der Waals surface area contributed by atoms with Crippen LogP contribution in [0.1, 0.15) is 128 Å². The van der Waals surface area contributed by atoms with Crippen LogP contribution in [0.25, 0.3) is 0 Å². The summed E-state index contributed by atoms with van der Waals surface area (Å²) in [6.45, 7) is 25.9. The smallest absolute Gasteiger partial charge is 0.191 e. The SMILES string of the molecule is CN(CCCCCCN(C)c1ccc(C(=O)C2=CN(C(C)(C)C)CCC2(C)C)cc1)c1ccc(C(=O)C2=CN(C(C)(C)C)CCC2(C)C)cc1. The van der Waals surface area contributed by atoms with Crippen LogP contribution in [0.5, 0.6) is 0 Å². The minimum Gasteiger partial charge on any atom is -0.375 e. The van der Waals surface area contributed by atoms with Gasteiger partial charge in [-0.25, -0.2) is 0 Å². The molecular weight excluding hydrogens is 617 g/mol. The fraction of sp³-hybridized carbons (Fsp3) is 0.591. The molecular formula is C44H66N4O2. The van der Waals surface area contributed by atoms with E-state index in [0.717, 1.165) is 85.5 Å². The van der Waals surface area contributed by atoms with E-state index in [-0.39, 0.29) is 33.5 Å². The maximum absolute atomic E-state index is 13.6. The summed E-state index contributed by atoms with van der Waals surface area (Å²) in [6, 6.07) is 16.3. The first-order valence-corrected chi connectivity index (χ1v) is 18.9. The van der Waals surface area contributed by atoms with Crippen LogP contribution < -0.4 is 9.80 Å². The third-order valence-electron chi connectivity index (χ3n) is 11.1. The van der Waals surface area contributed by atoms with Crippen LogP contribution in [0.2, 0.25) is 0 Å². The minimum atomic E-state index is -0.131. The Labute approximate surface area is 304 Å². The van der Waals surface area contributed by atoms with Crippen LogP contribution in [0.3, 0.4) is 0 Å². The van der Waals surface area contributed by atoms with Gasteiger partial charge in [0, 0.05) is 97.4 Å². The topological polar surface area (TPSA) is 47.1 Å². The van der Waals surface area contributed by atoms with E-state index >= 15 is 0 Å². The highest BCUT2D eigenvalue weighted by Crippen LogP contribution is 2.40. The van der Waals surface area contributed by atoms with Crippen molar-refractivity contribution in [3.63, 3.8) is 0 Å². The first-order valence-electron chi connectivity index (χ1n) is 18.9. The van der Waals surface area contributed by atoms with Crippen molar-refractivity contribution in [1.29, 1.82) is 0 Å². The third kappa shape index (κ3) is 9.61. The van der Waals surface area contributed by atoms with E-state index in [9.17, 15) is 9.59 Å². The summed E-state index contributed by atoms with van der Waals surface area (Å²) in [7, 11) is 4.28. The molecule has 50 heavy (non-hydrogen) atoms. The summed E-state index contributed by atoms with van der Waals surface area (Å²) in [6.07, 6.45) is 10.8. The Bertz CT molecular complexity index is 1420. The van der Waals surface area contributed by atoms with E-state index in [4.69, 9.17) is 0 Å². The van der Waals surface area contributed by atoms with Crippen molar-refractivity contribution in [2.45, 2.75) is 119 Å². The molecule has 0 fully saturated rings. The van der Waals surface area contributed by atoms with Crippen molar-refractivity contribution < 1.29 is 9.59 Å². The highest BCUT2D eigenvalue weighted by Gasteiger charge is 2.37. The fourth-order valence-electron chi connectivity index (χ4n) is 7.00. The van der Waals surface area contributed by atoms with Gasteiger partial charge >= 0.3 is 0 Å². The van der Waals surface area contributed by atoms with E-state index in [1.807, 2.05) is 24.3 Å². The third-order valence-corrected chi connectivity index (χ3v) is 11.1. The Hall–Kier alpha value is -3.54. The molecule has 0 aliphatic carbocycles. The Morgan fingerprint density at radius 2 is 0.900 bits per heavy atom. The van der Waals surface area contributed by atoms with Gasteiger partial charge in [-0.05, 0) is 127 Å². The lowest BCUT2D eigenvalue weighted by Crippen LogP contribution is -2.44. The summed E-state index contributed by atoms with van der Waals surface area (Å²) in [5.41, 5.74) is 5.36. The molecule has 0 atom stereocenters. The average molecular weight is 683 g/mol. The van der Waals surface area contributed by atoms with Gasteiger partial charge in [0.1, 0.15) is 0 Å². The molecule has 0 saturated carbocycles. The van der Waals surface area contributed by atoms with Crippen LogP contribution in [-0.2, 0) is 0 Å². The molecule has 6 nitrogen and oxygen atoms in total. The number of ketones is 2. The van der Waals surface area contributed by atoms with Crippen LogP contribution in [0.4, 0.5) is 11.4 Å². The molecule has 2 aliphatic rings. The summed E-state index contributed by atoms with van der Waals surface area (Å²) in [5, 5.41) is 0. The molecule has 2 heterocycles. The Morgan fingerprint density at radius 3 is 1.20 bits per heavy atom. The molecule has 0 saturated heterocycles. The van der Waals surface area contributed by atoms with Gasteiger partial charge < -0.3 is 19.6 Å². The second kappa shape index (κ2) is 15.4. The van der Waals surface area contributed by atoms with Gasteiger partial charge in [0.05, 0.1) is 0 Å². The summed E-state index contributed by atoms with van der Waals surface area (Å²) >= 11 is 0. The monoisotopic (exact) mass is 683 g/mol. The van der Waals surface area contributed by atoms with Gasteiger partial charge in [-0.1, -0.05) is 40.5 Å². The second-order valence-corrected chi connectivity index (χ2v) is 18.1. The fourth-order valence-corrected chi connectivity index (χ4v) is 7.00. The van der Waals surface area contributed by atoms with E-state index in [1.165, 1.54) is 12.8 Å². The Kier molecular flexibility index (Phi) is 12.1. The number of anilines is 2. The zero-order chi connectivity index (χ0) is 37.1. The number of nitrogens with zero attached hydrogens (tertiary/aromatic N) is 4. The second-order valence-electron chi connectivity index (χ2n) is 18.1. The molecule has 0 radical (unpaired) electrons. The quantitative estimate of drug-likeness (QED) is 0.155. The lowest BCUT2D eigenvalue weighted by Gasteiger charge is -2.43. The first-order chi connectivity index (χ1) is 23.2. The number of allylic oxidation sites excluding steroid dienone is 2. The Morgan fingerprint density at radius 1 is 0.580 bits per heavy atom. The highest BCUT2D eigenvalue weighted by molar-refractivity contribution is 6.10. The van der Waals surface area contributed by atoms with Crippen LogP contribution in [-0.4, -0.2) is 72.7 Å². The van der Waals surface area contributed by atoms with E-state index < -0.39 is 0 Å². The number of rotatable bonds is 13. The molecule has 0 bridgehead atoms. The molecule has 2 aromatic rings. The number of benzene rings is 2. The molecule has 2 aromatic carbocycles. The molecule has 4 rings (SSSR count). The maximum atomic E-state index is 13.6. The van der Waals surface area contributed by atoms with Gasteiger partial charge in [-0.3, -0.25) is 9.59 Å². The predicted octanol–water partition coefficient (Wildman–Crippen LogP) is 10.0. The van der Waals surface area contributed by atoms with E-state index in [2.05, 4.69) is 140 Å². The van der Waals surface area contributed by atoms with Crippen molar-refractivity contribution in [3.8, 4) is 0 Å². The van der Waals surface area contributed by atoms with Gasteiger partial charge in [0.2, 0.25) is 0 Å². The molecule has 0 spiro atoms. The largest absolute Gasteiger partial charge is 0.375 e. The number of hydrogen-bond acceptors (Lipinski definition) is 6. The van der Waals surface area contributed by atoms with Gasteiger partial charge in [-0.15, -0.1) is 0 Å². The predicted molar refractivity (Wildman–Crippen MR) is 212 cm³/mol. The first kappa shape index (κ1) is 39.2. The highest BCUT2D eigenvalue weighted by atomic mass is 16.1. The van der Waals surface area contributed by atoms with Crippen molar-refractivity contribution in [1.82, 2.24) is 9.80 Å². The number of hydrogen-bond donors (Lipinski definition) is 0. The van der Waals surface area contributed by atoms with Gasteiger partial charge in [-0.2, -0.15) is 0 Å². The lowest BCUT2D eigenvalue weighted by atomic mass is 9.75. The van der Waals surface area contributed by atoms with Gasteiger partial charge in [0.15, 0.2) is 11.6 Å². The molecule has 2 aliphatic heterocycles. The van der Waals surface area contributed by atoms with Gasteiger partial charge in [0.25, 0.3) is 0 Å². The van der Waals surface area contributed by atoms with Crippen LogP contribution in [0, 0.1) is 10.8 Å². The number of Topliss-reactive ketones (excluding diaryl/α,β-unsaturated/α-hetero) is 2. The van der Waals surface area contributed by atoms with Crippen molar-refractivity contribution in [2.24, 2.45) is 10.8 Å². The van der Waals surface area contributed by atoms with E-state index in [0.29, 0.717) is 0 Å². The van der Waals surface area contributed by atoms with Crippen LogP contribution >= 0.6 is 0 Å². The number of unbranched alkanes of at least 4 members (excludes halogenated alkanes) is 3. The molecule has 0 aromatic heterocycles. The van der Waals surface area contributed by atoms with Crippen molar-refractivity contribution in [2.75, 3.05) is 50.1 Å². The zero-order valence-corrected chi connectivity index (χ0v) is 33.4. The molecule has 6 heteroatoms. The van der Waals surface area contributed by atoms with E-state index in [1.54, 1.807) is 0 Å². The normalized spacial score (nSPS) is 17.6. The minimum absolute atomic E-state index is 0.000267. The zero-order valence-electron chi connectivity index (χ0n) is 33.4. The standard InChI is InChI=1S/C44H66N4O2/c1-41(2,3)47-29-25-43(7,8)37(31-47)39(49)33-17-21-35(22-18-33)45(11)27-15-13-14-16-28-46(12)36-23-19-34(20-24-36)40(50)38-32-48(42(4,5)6)30-26-44(38,9)10/h17-24,31-32H,13-16,25-30H2,1-12H3. The molecule has 274 valence electrons. The molecule has 0 unspecified atom stereocenters. The summed E-state index contributed by atoms with van der Waals surface area (Å²) < 4.78 is 0. The average Bonchev–Trinajstić information content (AvgIpc) is 3.04. The van der Waals surface area contributed by atoms with Crippen molar-refractivity contribution in [3.05, 3.63) is 83.2 Å². The van der Waals surface area contributed by atoms with Crippen LogP contribution in [0.15, 0.2) is 72.1 Å². The Balaban J connectivity index is 1.22.